The third-order valence-corrected chi connectivity index (χ3v) is 17.4. The van der Waals surface area contributed by atoms with Crippen molar-refractivity contribution >= 4 is 0 Å². The highest BCUT2D eigenvalue weighted by molar-refractivity contribution is 5.29. The summed E-state index contributed by atoms with van der Waals surface area (Å²) in [5, 5.41) is 105. The van der Waals surface area contributed by atoms with E-state index in [1.165, 1.54) is 6.92 Å². The third kappa shape index (κ3) is 8.30. The minimum absolute atomic E-state index is 0.0195. The summed E-state index contributed by atoms with van der Waals surface area (Å²) in [6, 6.07) is 0. The van der Waals surface area contributed by atoms with Gasteiger partial charge in [-0.05, 0) is 80.5 Å². The van der Waals surface area contributed by atoms with Gasteiger partial charge in [-0.3, -0.25) is 0 Å². The topological polar surface area (TPSA) is 276 Å². The van der Waals surface area contributed by atoms with Gasteiger partial charge < -0.3 is 89.0 Å². The zero-order valence-electron chi connectivity index (χ0n) is 37.4. The summed E-state index contributed by atoms with van der Waals surface area (Å²) in [4.78, 5) is 0. The first kappa shape index (κ1) is 48.5. The molecule has 0 bridgehead atoms. The fourth-order valence-corrected chi connectivity index (χ4v) is 13.6. The van der Waals surface area contributed by atoms with E-state index >= 15 is 0 Å². The molecule has 0 aromatic rings. The van der Waals surface area contributed by atoms with Crippen LogP contribution in [0.4, 0.5) is 0 Å². The fourth-order valence-electron chi connectivity index (χ4n) is 13.6. The van der Waals surface area contributed by atoms with Gasteiger partial charge in [-0.1, -0.05) is 39.3 Å². The number of ether oxygens (including phenoxy) is 8. The highest BCUT2D eigenvalue weighted by Gasteiger charge is 2.69. The molecule has 18 heteroatoms. The molecule has 26 atom stereocenters. The van der Waals surface area contributed by atoms with Crippen LogP contribution in [0.2, 0.25) is 0 Å². The number of allylic oxidation sites excluding steroid dienone is 1. The van der Waals surface area contributed by atoms with Gasteiger partial charge in [0, 0.05) is 31.3 Å². The lowest BCUT2D eigenvalue weighted by molar-refractivity contribution is -0.354. The molecule has 63 heavy (non-hydrogen) atoms. The molecule has 8 aliphatic rings. The van der Waals surface area contributed by atoms with Crippen LogP contribution in [-0.4, -0.2) is 188 Å². The number of methoxy groups -OCH3 is 1. The molecule has 3 saturated carbocycles. The van der Waals surface area contributed by atoms with Gasteiger partial charge in [0.05, 0.1) is 44.2 Å². The molecule has 4 heterocycles. The van der Waals surface area contributed by atoms with Crippen molar-refractivity contribution in [2.75, 3.05) is 26.9 Å². The normalized spacial score (nSPS) is 55.0. The molecule has 0 aromatic heterocycles. The number of hydrogen-bond acceptors (Lipinski definition) is 18. The summed E-state index contributed by atoms with van der Waals surface area (Å²) < 4.78 is 49.1. The standard InChI is InChI=1S/C45H74O18/c1-19(17-57-42-39(33(50)27(48)18-58-42)62-40-37(54)35(52)32(49)21(3)59-40)9-12-45(56-6)20(2)31-28(63-45)15-26-24-8-7-22-13-23(47)14-30(44(22,5)25(24)10-11-43(26,31)4)61-41-38(55)36(53)34(51)29(16-46)60-41/h7,19-21,23-42,46-55H,8-18H2,1-6H3/t19-,20+,21+,23-,24-,25+,26+,27+,28+,29-,30-,31+,32+,33+,34-,35-,36+,37-,38-,39-,40+,41+,42-,43+,44+,45?/m1/s1. The molecule has 4 saturated heterocycles. The maximum absolute atomic E-state index is 11.1. The van der Waals surface area contributed by atoms with Crippen molar-refractivity contribution in [3.63, 3.8) is 0 Å². The monoisotopic (exact) mass is 902 g/mol. The molecule has 8 rings (SSSR count). The Kier molecular flexibility index (Phi) is 14.2. The highest BCUT2D eigenvalue weighted by atomic mass is 16.8. The number of rotatable bonds is 12. The summed E-state index contributed by atoms with van der Waals surface area (Å²) in [6.45, 7) is 9.87. The van der Waals surface area contributed by atoms with E-state index < -0.39 is 116 Å². The minimum Gasteiger partial charge on any atom is -0.394 e. The van der Waals surface area contributed by atoms with E-state index in [4.69, 9.17) is 37.9 Å². The van der Waals surface area contributed by atoms with Crippen LogP contribution in [0.25, 0.3) is 0 Å². The first-order valence-electron chi connectivity index (χ1n) is 23.3. The molecule has 0 spiro atoms. The molecule has 7 fully saturated rings. The largest absolute Gasteiger partial charge is 0.394 e. The molecule has 4 aliphatic carbocycles. The Morgan fingerprint density at radius 2 is 1.52 bits per heavy atom. The number of aliphatic hydroxyl groups is 10. The van der Waals surface area contributed by atoms with E-state index in [9.17, 15) is 51.1 Å². The van der Waals surface area contributed by atoms with Crippen molar-refractivity contribution in [3.05, 3.63) is 11.6 Å². The average Bonchev–Trinajstić information content (AvgIpc) is 3.72. The van der Waals surface area contributed by atoms with E-state index in [0.717, 1.165) is 31.3 Å². The Bertz CT molecular complexity index is 1600. The summed E-state index contributed by atoms with van der Waals surface area (Å²) in [5.74, 6) is 0.333. The zero-order chi connectivity index (χ0) is 45.5. The van der Waals surface area contributed by atoms with Crippen molar-refractivity contribution in [2.45, 2.75) is 196 Å². The fraction of sp³-hybridized carbons (Fsp3) is 0.956. The number of hydrogen-bond donors (Lipinski definition) is 10. The molecule has 10 N–H and O–H groups in total. The second kappa shape index (κ2) is 18.5. The second-order valence-corrected chi connectivity index (χ2v) is 20.8. The van der Waals surface area contributed by atoms with Crippen molar-refractivity contribution in [1.82, 2.24) is 0 Å². The van der Waals surface area contributed by atoms with Crippen molar-refractivity contribution < 1.29 is 89.0 Å². The van der Waals surface area contributed by atoms with Gasteiger partial charge >= 0.3 is 0 Å². The van der Waals surface area contributed by atoms with E-state index in [0.29, 0.717) is 37.5 Å². The van der Waals surface area contributed by atoms with Crippen molar-refractivity contribution in [3.8, 4) is 0 Å². The van der Waals surface area contributed by atoms with E-state index in [-0.39, 0.29) is 48.4 Å². The van der Waals surface area contributed by atoms with Crippen LogP contribution in [-0.2, 0) is 37.9 Å². The Morgan fingerprint density at radius 3 is 2.22 bits per heavy atom. The van der Waals surface area contributed by atoms with E-state index in [1.807, 2.05) is 6.92 Å². The molecule has 18 nitrogen and oxygen atoms in total. The quantitative estimate of drug-likeness (QED) is 0.110. The summed E-state index contributed by atoms with van der Waals surface area (Å²) >= 11 is 0. The van der Waals surface area contributed by atoms with E-state index in [2.05, 4.69) is 26.8 Å². The summed E-state index contributed by atoms with van der Waals surface area (Å²) in [5.41, 5.74) is 0.617. The first-order chi connectivity index (χ1) is 29.8. The lowest BCUT2D eigenvalue weighted by Gasteiger charge is -2.60. The van der Waals surface area contributed by atoms with Crippen molar-refractivity contribution in [2.24, 2.45) is 46.3 Å². The first-order valence-corrected chi connectivity index (χ1v) is 23.3. The maximum Gasteiger partial charge on any atom is 0.187 e. The Labute approximate surface area is 369 Å². The SMILES string of the molecule is COC1(CC[C@@H](C)CO[C@@H]2OC[C@H](O)[C@H](O)[C@H]2O[C@@H]2O[C@@H](C)[C@H](O)[C@@H](O)[C@H]2O)O[C@H]2C[C@H]3[C@@H]4CC=C5C[C@@H](O)C[C@@H](O[C@@H]6O[C@H](CO)[C@@H](O)[C@H](O)[C@H]6O)[C@]5(C)[C@H]4CC[C@]3(C)[C@H]2[C@@H]1C. The molecule has 0 radical (unpaired) electrons. The molecule has 1 unspecified atom stereocenters. The van der Waals surface area contributed by atoms with Crippen LogP contribution < -0.4 is 0 Å². The molecule has 362 valence electrons. The van der Waals surface area contributed by atoms with Crippen LogP contribution in [0.3, 0.4) is 0 Å². The average molecular weight is 903 g/mol. The van der Waals surface area contributed by atoms with E-state index in [1.54, 1.807) is 7.11 Å². The zero-order valence-corrected chi connectivity index (χ0v) is 37.4. The minimum atomic E-state index is -1.62. The van der Waals surface area contributed by atoms with Crippen LogP contribution in [0.1, 0.15) is 86.0 Å². The van der Waals surface area contributed by atoms with Crippen LogP contribution in [0.5, 0.6) is 0 Å². The van der Waals surface area contributed by atoms with Crippen LogP contribution >= 0.6 is 0 Å². The predicted octanol–water partition coefficient (Wildman–Crippen LogP) is -0.567. The Hall–Kier alpha value is -0.980. The molecule has 0 aromatic carbocycles. The van der Waals surface area contributed by atoms with Gasteiger partial charge in [-0.15, -0.1) is 0 Å². The summed E-state index contributed by atoms with van der Waals surface area (Å²) in [7, 11) is 1.71. The maximum atomic E-state index is 11.1. The molecule has 0 amide bonds. The van der Waals surface area contributed by atoms with Crippen LogP contribution in [0.15, 0.2) is 11.6 Å². The Morgan fingerprint density at radius 1 is 0.825 bits per heavy atom. The van der Waals surface area contributed by atoms with Gasteiger partial charge in [0.2, 0.25) is 0 Å². The smallest absolute Gasteiger partial charge is 0.187 e. The predicted molar refractivity (Wildman–Crippen MR) is 218 cm³/mol. The van der Waals surface area contributed by atoms with Gasteiger partial charge in [-0.25, -0.2) is 0 Å². The molecular weight excluding hydrogens is 828 g/mol. The molecule has 4 aliphatic heterocycles. The Balaban J connectivity index is 0.909. The van der Waals surface area contributed by atoms with Crippen LogP contribution in [0, 0.1) is 46.3 Å². The van der Waals surface area contributed by atoms with Gasteiger partial charge in [-0.2, -0.15) is 0 Å². The molecular formula is C45H74O18. The van der Waals surface area contributed by atoms with Gasteiger partial charge in [0.25, 0.3) is 0 Å². The van der Waals surface area contributed by atoms with Gasteiger partial charge in [0.1, 0.15) is 61.0 Å². The highest BCUT2D eigenvalue weighted by Crippen LogP contribution is 2.70. The lowest BCUT2D eigenvalue weighted by Crippen LogP contribution is -2.62. The third-order valence-electron chi connectivity index (χ3n) is 17.4. The van der Waals surface area contributed by atoms with Gasteiger partial charge in [0.15, 0.2) is 24.7 Å². The lowest BCUT2D eigenvalue weighted by atomic mass is 9.46. The second-order valence-electron chi connectivity index (χ2n) is 20.8. The number of aliphatic hydroxyl groups excluding tert-OH is 10. The van der Waals surface area contributed by atoms with Crippen molar-refractivity contribution in [1.29, 1.82) is 0 Å². The summed E-state index contributed by atoms with van der Waals surface area (Å²) in [6.07, 6.45) is -12.0. The number of fused-ring (bicyclic) bond motifs is 7.